The molecular weight excluding hydrogens is 524 g/mol. The first-order valence-corrected chi connectivity index (χ1v) is 13.4. The number of benzene rings is 2. The highest BCUT2D eigenvalue weighted by molar-refractivity contribution is 5.53. The predicted octanol–water partition coefficient (Wildman–Crippen LogP) is 2.66. The van der Waals surface area contributed by atoms with Crippen molar-refractivity contribution in [2.45, 2.75) is 12.8 Å². The van der Waals surface area contributed by atoms with Crippen LogP contribution < -0.4 is 18.9 Å². The molecule has 0 unspecified atom stereocenters. The Labute approximate surface area is 236 Å². The molecule has 0 spiro atoms. The fourth-order valence-electron chi connectivity index (χ4n) is 3.68. The molecule has 11 nitrogen and oxygen atoms in total. The van der Waals surface area contributed by atoms with Crippen LogP contribution in [0.15, 0.2) is 30.3 Å². The van der Waals surface area contributed by atoms with E-state index in [-0.39, 0.29) is 12.4 Å². The number of hydrogen-bond donors (Lipinski definition) is 2. The summed E-state index contributed by atoms with van der Waals surface area (Å²) in [5.41, 5.74) is 2.00. The van der Waals surface area contributed by atoms with Crippen LogP contribution >= 0.6 is 0 Å². The van der Waals surface area contributed by atoms with Crippen LogP contribution in [0.4, 0.5) is 0 Å². The average Bonchev–Trinajstić information content (AvgIpc) is 2.97. The van der Waals surface area contributed by atoms with Gasteiger partial charge in [0.15, 0.2) is 23.0 Å². The smallest absolute Gasteiger partial charge is 0.203 e. The molecule has 2 aromatic rings. The molecule has 0 saturated carbocycles. The van der Waals surface area contributed by atoms with Gasteiger partial charge in [0.05, 0.1) is 94.0 Å². The maximum Gasteiger partial charge on any atom is 0.203 e. The zero-order valence-electron chi connectivity index (χ0n) is 23.9. The van der Waals surface area contributed by atoms with Gasteiger partial charge in [-0.2, -0.15) is 0 Å². The van der Waals surface area contributed by atoms with E-state index in [1.165, 1.54) is 7.11 Å². The second kappa shape index (κ2) is 21.0. The SMILES string of the molecule is COc1ccc(CCc2cc(O)c(OC)c(OCCOCCOCCOCCOCCOCCO)c2)cc1OC. The summed E-state index contributed by atoms with van der Waals surface area (Å²) in [5.74, 6) is 2.14. The molecule has 11 heteroatoms. The summed E-state index contributed by atoms with van der Waals surface area (Å²) in [6.45, 7) is 4.69. The van der Waals surface area contributed by atoms with Gasteiger partial charge in [0, 0.05) is 0 Å². The lowest BCUT2D eigenvalue weighted by molar-refractivity contribution is -0.0147. The van der Waals surface area contributed by atoms with Gasteiger partial charge < -0.3 is 52.8 Å². The van der Waals surface area contributed by atoms with E-state index < -0.39 is 0 Å². The standard InChI is InChI=1S/C29H44O11/c1-32-26-7-6-23(21-27(26)33-2)4-5-24-20-25(31)29(34-3)28(22-24)40-19-18-39-17-16-38-15-14-37-13-12-36-11-10-35-9-8-30/h6-7,20-22,30-31H,4-5,8-19H2,1-3H3. The highest BCUT2D eigenvalue weighted by Gasteiger charge is 2.13. The Hall–Kier alpha value is -2.80. The molecule has 2 N–H and O–H groups in total. The third kappa shape index (κ3) is 13.0. The number of hydrogen-bond acceptors (Lipinski definition) is 11. The Morgan fingerprint density at radius 1 is 0.525 bits per heavy atom. The lowest BCUT2D eigenvalue weighted by Crippen LogP contribution is -2.14. The van der Waals surface area contributed by atoms with Gasteiger partial charge in [-0.05, 0) is 48.2 Å². The van der Waals surface area contributed by atoms with Crippen molar-refractivity contribution in [3.05, 3.63) is 41.5 Å². The first-order valence-electron chi connectivity index (χ1n) is 13.4. The van der Waals surface area contributed by atoms with Gasteiger partial charge in [-0.15, -0.1) is 0 Å². The van der Waals surface area contributed by atoms with Crippen molar-refractivity contribution in [1.29, 1.82) is 0 Å². The van der Waals surface area contributed by atoms with Gasteiger partial charge in [0.1, 0.15) is 6.61 Å². The Bertz CT molecular complexity index is 938. The van der Waals surface area contributed by atoms with Crippen molar-refractivity contribution in [2.75, 3.05) is 101 Å². The van der Waals surface area contributed by atoms with Crippen LogP contribution in [-0.4, -0.2) is 111 Å². The second-order valence-corrected chi connectivity index (χ2v) is 8.47. The molecule has 0 aromatic heterocycles. The Balaban J connectivity index is 1.60. The van der Waals surface area contributed by atoms with Crippen molar-refractivity contribution in [3.63, 3.8) is 0 Å². The van der Waals surface area contributed by atoms with Gasteiger partial charge in [0.2, 0.25) is 5.75 Å². The summed E-state index contributed by atoms with van der Waals surface area (Å²) >= 11 is 0. The average molecular weight is 569 g/mol. The number of phenolic OH excluding ortho intramolecular Hbond substituents is 1. The van der Waals surface area contributed by atoms with E-state index in [1.54, 1.807) is 20.3 Å². The summed E-state index contributed by atoms with van der Waals surface area (Å²) < 4.78 is 48.8. The summed E-state index contributed by atoms with van der Waals surface area (Å²) in [7, 11) is 4.71. The van der Waals surface area contributed by atoms with Gasteiger partial charge in [-0.3, -0.25) is 0 Å². The molecule has 0 aliphatic heterocycles. The zero-order valence-corrected chi connectivity index (χ0v) is 23.9. The van der Waals surface area contributed by atoms with E-state index in [0.29, 0.717) is 102 Å². The largest absolute Gasteiger partial charge is 0.504 e. The molecule has 0 radical (unpaired) electrons. The van der Waals surface area contributed by atoms with E-state index in [0.717, 1.165) is 17.5 Å². The molecule has 2 rings (SSSR count). The quantitative estimate of drug-likeness (QED) is 0.182. The van der Waals surface area contributed by atoms with Crippen LogP contribution in [0.5, 0.6) is 28.7 Å². The number of methoxy groups -OCH3 is 3. The van der Waals surface area contributed by atoms with Gasteiger partial charge in [-0.25, -0.2) is 0 Å². The Morgan fingerprint density at radius 3 is 1.55 bits per heavy atom. The molecule has 0 aliphatic rings. The first kappa shape index (κ1) is 33.4. The maximum absolute atomic E-state index is 10.4. The highest BCUT2D eigenvalue weighted by atomic mass is 16.6. The minimum absolute atomic E-state index is 0.0152. The summed E-state index contributed by atoms with van der Waals surface area (Å²) in [4.78, 5) is 0. The number of rotatable bonds is 24. The van der Waals surface area contributed by atoms with E-state index in [4.69, 9.17) is 47.7 Å². The summed E-state index contributed by atoms with van der Waals surface area (Å²) in [6, 6.07) is 9.38. The zero-order chi connectivity index (χ0) is 28.8. The van der Waals surface area contributed by atoms with Crippen LogP contribution in [0.2, 0.25) is 0 Å². The molecule has 0 bridgehead atoms. The number of phenols is 1. The number of ether oxygens (including phenoxy) is 9. The van der Waals surface area contributed by atoms with Crippen molar-refractivity contribution >= 4 is 0 Å². The predicted molar refractivity (Wildman–Crippen MR) is 148 cm³/mol. The summed E-state index contributed by atoms with van der Waals surface area (Å²) in [6.07, 6.45) is 1.43. The van der Waals surface area contributed by atoms with Crippen molar-refractivity contribution in [2.24, 2.45) is 0 Å². The van der Waals surface area contributed by atoms with E-state index in [2.05, 4.69) is 0 Å². The van der Waals surface area contributed by atoms with E-state index >= 15 is 0 Å². The molecule has 0 amide bonds. The van der Waals surface area contributed by atoms with Crippen LogP contribution in [0, 0.1) is 0 Å². The van der Waals surface area contributed by atoms with Crippen LogP contribution in [0.1, 0.15) is 11.1 Å². The van der Waals surface area contributed by atoms with Crippen LogP contribution in [-0.2, 0) is 36.5 Å². The second-order valence-electron chi connectivity index (χ2n) is 8.47. The van der Waals surface area contributed by atoms with E-state index in [1.807, 2.05) is 24.3 Å². The van der Waals surface area contributed by atoms with Crippen LogP contribution in [0.25, 0.3) is 0 Å². The lowest BCUT2D eigenvalue weighted by Gasteiger charge is -2.15. The van der Waals surface area contributed by atoms with Crippen LogP contribution in [0.3, 0.4) is 0 Å². The third-order valence-corrected chi connectivity index (χ3v) is 5.66. The Morgan fingerprint density at radius 2 is 1.02 bits per heavy atom. The normalized spacial score (nSPS) is 11.0. The van der Waals surface area contributed by atoms with Gasteiger partial charge in [-0.1, -0.05) is 6.07 Å². The lowest BCUT2D eigenvalue weighted by atomic mass is 10.0. The summed E-state index contributed by atoms with van der Waals surface area (Å²) in [5, 5.41) is 19.0. The van der Waals surface area contributed by atoms with E-state index in [9.17, 15) is 5.11 Å². The molecule has 40 heavy (non-hydrogen) atoms. The third-order valence-electron chi connectivity index (χ3n) is 5.66. The minimum atomic E-state index is 0.0152. The fourth-order valence-corrected chi connectivity index (χ4v) is 3.68. The molecule has 0 fully saturated rings. The highest BCUT2D eigenvalue weighted by Crippen LogP contribution is 2.38. The molecular formula is C29H44O11. The monoisotopic (exact) mass is 568 g/mol. The van der Waals surface area contributed by atoms with Crippen molar-refractivity contribution in [1.82, 2.24) is 0 Å². The number of aromatic hydroxyl groups is 1. The first-order chi connectivity index (χ1) is 19.6. The molecule has 0 atom stereocenters. The number of aliphatic hydroxyl groups excluding tert-OH is 1. The molecule has 0 saturated heterocycles. The number of aliphatic hydroxyl groups is 1. The van der Waals surface area contributed by atoms with Gasteiger partial charge >= 0.3 is 0 Å². The fraction of sp³-hybridized carbons (Fsp3) is 0.586. The topological polar surface area (TPSA) is 124 Å². The Kier molecular flexibility index (Phi) is 17.6. The molecule has 0 aliphatic carbocycles. The maximum atomic E-state index is 10.4. The van der Waals surface area contributed by atoms with Gasteiger partial charge in [0.25, 0.3) is 0 Å². The minimum Gasteiger partial charge on any atom is -0.504 e. The number of aryl methyl sites for hydroxylation is 2. The molecule has 226 valence electrons. The molecule has 0 heterocycles. The molecule has 2 aromatic carbocycles. The van der Waals surface area contributed by atoms with Crippen molar-refractivity contribution in [3.8, 4) is 28.7 Å². The van der Waals surface area contributed by atoms with Crippen molar-refractivity contribution < 1.29 is 52.8 Å².